The molecule has 1 amide bonds. The number of amides is 1. The van der Waals surface area contributed by atoms with Crippen LogP contribution in [0, 0.1) is 0 Å². The minimum Gasteiger partial charge on any atom is -0.363 e. The third-order valence-electron chi connectivity index (χ3n) is 3.96. The largest absolute Gasteiger partial charge is 0.363 e. The lowest BCUT2D eigenvalue weighted by Crippen LogP contribution is -2.48. The lowest BCUT2D eigenvalue weighted by molar-refractivity contribution is 0.0933. The molecule has 3 heterocycles. The molecule has 0 saturated carbocycles. The first-order chi connectivity index (χ1) is 11.1. The minimum absolute atomic E-state index is 0.00904. The van der Waals surface area contributed by atoms with E-state index in [4.69, 9.17) is 0 Å². The summed E-state index contributed by atoms with van der Waals surface area (Å²) < 4.78 is 0. The first-order valence-electron chi connectivity index (χ1n) is 7.71. The number of carbonyl (C=O) groups excluding carboxylic acids is 1. The zero-order valence-corrected chi connectivity index (χ0v) is 14.2. The van der Waals surface area contributed by atoms with Crippen molar-refractivity contribution in [1.29, 1.82) is 0 Å². The van der Waals surface area contributed by atoms with Crippen LogP contribution in [0.5, 0.6) is 0 Å². The minimum atomic E-state index is 0.00904. The van der Waals surface area contributed by atoms with Crippen LogP contribution in [-0.2, 0) is 0 Å². The van der Waals surface area contributed by atoms with Gasteiger partial charge >= 0.3 is 0 Å². The molecule has 1 saturated heterocycles. The number of carbonyl (C=O) groups is 1. The van der Waals surface area contributed by atoms with Gasteiger partial charge in [0, 0.05) is 50.2 Å². The van der Waals surface area contributed by atoms with Gasteiger partial charge < -0.3 is 15.1 Å². The van der Waals surface area contributed by atoms with E-state index in [0.717, 1.165) is 43.1 Å². The van der Waals surface area contributed by atoms with E-state index < -0.39 is 0 Å². The van der Waals surface area contributed by atoms with Crippen molar-refractivity contribution < 1.29 is 4.79 Å². The molecular weight excluding hydrogens is 310 g/mol. The van der Waals surface area contributed by atoms with Crippen LogP contribution in [-0.4, -0.2) is 49.1 Å². The van der Waals surface area contributed by atoms with Crippen molar-refractivity contribution in [2.75, 3.05) is 37.0 Å². The van der Waals surface area contributed by atoms with Crippen LogP contribution in [0.4, 0.5) is 11.6 Å². The summed E-state index contributed by atoms with van der Waals surface area (Å²) in [7, 11) is 3.93. The molecule has 0 aliphatic carbocycles. The van der Waals surface area contributed by atoms with Crippen LogP contribution in [0.3, 0.4) is 0 Å². The van der Waals surface area contributed by atoms with E-state index in [2.05, 4.69) is 20.2 Å². The van der Waals surface area contributed by atoms with Gasteiger partial charge in [-0.1, -0.05) is 0 Å². The number of rotatable bonds is 4. The van der Waals surface area contributed by atoms with Crippen LogP contribution >= 0.6 is 11.3 Å². The summed E-state index contributed by atoms with van der Waals surface area (Å²) in [6.45, 7) is 1.73. The third kappa shape index (κ3) is 3.79. The van der Waals surface area contributed by atoms with Crippen LogP contribution in [0.15, 0.2) is 29.2 Å². The van der Waals surface area contributed by atoms with Crippen molar-refractivity contribution in [3.8, 4) is 0 Å². The fourth-order valence-corrected chi connectivity index (χ4v) is 3.36. The SMILES string of the molecule is CN(C)c1cc(N2CCC[C@H](NC(=O)c3ccsc3)C2)ncn1. The second kappa shape index (κ2) is 6.95. The fourth-order valence-electron chi connectivity index (χ4n) is 2.72. The van der Waals surface area contributed by atoms with Gasteiger partial charge in [0.15, 0.2) is 0 Å². The Hall–Kier alpha value is -2.15. The maximum atomic E-state index is 12.2. The highest BCUT2D eigenvalue weighted by atomic mass is 32.1. The van der Waals surface area contributed by atoms with Gasteiger partial charge in [-0.15, -0.1) is 0 Å². The molecule has 1 fully saturated rings. The Morgan fingerprint density at radius 1 is 1.43 bits per heavy atom. The number of nitrogens with one attached hydrogen (secondary N) is 1. The molecule has 122 valence electrons. The van der Waals surface area contributed by atoms with Gasteiger partial charge in [0.2, 0.25) is 0 Å². The van der Waals surface area contributed by atoms with E-state index in [1.165, 1.54) is 11.3 Å². The maximum Gasteiger partial charge on any atom is 0.252 e. The average molecular weight is 331 g/mol. The fraction of sp³-hybridized carbons (Fsp3) is 0.438. The summed E-state index contributed by atoms with van der Waals surface area (Å²) in [5.74, 6) is 1.81. The Labute approximate surface area is 140 Å². The summed E-state index contributed by atoms with van der Waals surface area (Å²) in [6, 6.07) is 3.99. The van der Waals surface area contributed by atoms with Gasteiger partial charge in [-0.25, -0.2) is 9.97 Å². The highest BCUT2D eigenvalue weighted by Crippen LogP contribution is 2.20. The lowest BCUT2D eigenvalue weighted by atomic mass is 10.1. The van der Waals surface area contributed by atoms with Crippen molar-refractivity contribution in [1.82, 2.24) is 15.3 Å². The quantitative estimate of drug-likeness (QED) is 0.928. The number of hydrogen-bond acceptors (Lipinski definition) is 6. The van der Waals surface area contributed by atoms with Gasteiger partial charge in [0.1, 0.15) is 18.0 Å². The Morgan fingerprint density at radius 2 is 2.30 bits per heavy atom. The summed E-state index contributed by atoms with van der Waals surface area (Å²) in [5.41, 5.74) is 0.740. The van der Waals surface area contributed by atoms with E-state index >= 15 is 0 Å². The van der Waals surface area contributed by atoms with E-state index in [-0.39, 0.29) is 11.9 Å². The number of hydrogen-bond donors (Lipinski definition) is 1. The highest BCUT2D eigenvalue weighted by molar-refractivity contribution is 7.08. The van der Waals surface area contributed by atoms with E-state index in [9.17, 15) is 4.79 Å². The Bertz CT molecular complexity index is 658. The van der Waals surface area contributed by atoms with Crippen LogP contribution in [0.1, 0.15) is 23.2 Å². The topological polar surface area (TPSA) is 61.4 Å². The van der Waals surface area contributed by atoms with Gasteiger partial charge in [-0.05, 0) is 24.3 Å². The summed E-state index contributed by atoms with van der Waals surface area (Å²) >= 11 is 1.54. The molecule has 0 spiro atoms. The molecule has 6 nitrogen and oxygen atoms in total. The molecule has 23 heavy (non-hydrogen) atoms. The number of piperidine rings is 1. The molecule has 0 unspecified atom stereocenters. The van der Waals surface area contributed by atoms with E-state index in [0.29, 0.717) is 0 Å². The summed E-state index contributed by atoms with van der Waals surface area (Å²) in [4.78, 5) is 25.0. The van der Waals surface area contributed by atoms with Crippen molar-refractivity contribution in [2.24, 2.45) is 0 Å². The molecule has 0 bridgehead atoms. The van der Waals surface area contributed by atoms with Crippen molar-refractivity contribution in [2.45, 2.75) is 18.9 Å². The summed E-state index contributed by atoms with van der Waals surface area (Å²) in [5, 5.41) is 6.93. The van der Waals surface area contributed by atoms with Crippen LogP contribution < -0.4 is 15.1 Å². The monoisotopic (exact) mass is 331 g/mol. The smallest absolute Gasteiger partial charge is 0.252 e. The molecule has 1 aliphatic rings. The standard InChI is InChI=1S/C16H21N5OS/c1-20(2)14-8-15(18-11-17-14)21-6-3-4-13(9-21)19-16(22)12-5-7-23-10-12/h5,7-8,10-11,13H,3-4,6,9H2,1-2H3,(H,19,22)/t13-/m0/s1. The van der Waals surface area contributed by atoms with Crippen molar-refractivity contribution in [3.05, 3.63) is 34.8 Å². The van der Waals surface area contributed by atoms with Gasteiger partial charge in [0.05, 0.1) is 0 Å². The first kappa shape index (κ1) is 15.7. The Balaban J connectivity index is 1.66. The summed E-state index contributed by atoms with van der Waals surface area (Å²) in [6.07, 6.45) is 3.63. The number of nitrogens with zero attached hydrogens (tertiary/aromatic N) is 4. The Kier molecular flexibility index (Phi) is 4.76. The van der Waals surface area contributed by atoms with Crippen molar-refractivity contribution in [3.63, 3.8) is 0 Å². The van der Waals surface area contributed by atoms with Crippen molar-refractivity contribution >= 4 is 28.9 Å². The van der Waals surface area contributed by atoms with Crippen LogP contribution in [0.2, 0.25) is 0 Å². The zero-order valence-electron chi connectivity index (χ0n) is 13.4. The molecule has 0 radical (unpaired) electrons. The molecule has 3 rings (SSSR count). The number of aromatic nitrogens is 2. The molecule has 7 heteroatoms. The Morgan fingerprint density at radius 3 is 3.04 bits per heavy atom. The molecular formula is C16H21N5OS. The normalized spacial score (nSPS) is 17.8. The second-order valence-electron chi connectivity index (χ2n) is 5.90. The predicted octanol–water partition coefficient (Wildman–Crippen LogP) is 2.00. The molecule has 0 aromatic carbocycles. The van der Waals surface area contributed by atoms with Gasteiger partial charge in [0.25, 0.3) is 5.91 Å². The second-order valence-corrected chi connectivity index (χ2v) is 6.68. The average Bonchev–Trinajstić information content (AvgIpc) is 3.10. The molecule has 1 aliphatic heterocycles. The van der Waals surface area contributed by atoms with Crippen LogP contribution in [0.25, 0.3) is 0 Å². The first-order valence-corrected chi connectivity index (χ1v) is 8.65. The maximum absolute atomic E-state index is 12.2. The predicted molar refractivity (Wildman–Crippen MR) is 93.4 cm³/mol. The van der Waals surface area contributed by atoms with Gasteiger partial charge in [-0.3, -0.25) is 4.79 Å². The lowest BCUT2D eigenvalue weighted by Gasteiger charge is -2.34. The molecule has 2 aromatic heterocycles. The number of thiophene rings is 1. The van der Waals surface area contributed by atoms with Gasteiger partial charge in [-0.2, -0.15) is 11.3 Å². The molecule has 1 N–H and O–H groups in total. The number of anilines is 2. The third-order valence-corrected chi connectivity index (χ3v) is 4.64. The van der Waals surface area contributed by atoms with E-state index in [1.807, 2.05) is 41.9 Å². The molecule has 2 aromatic rings. The zero-order chi connectivity index (χ0) is 16.2. The highest BCUT2D eigenvalue weighted by Gasteiger charge is 2.23. The molecule has 1 atom stereocenters. The van der Waals surface area contributed by atoms with E-state index in [1.54, 1.807) is 6.33 Å².